The van der Waals surface area contributed by atoms with E-state index in [9.17, 15) is 13.2 Å². The standard InChI is InChI=1S/C5H8O5S/c1-4(5(6)9-2)11(7,8)10-3/h1H2,2-3H3. The third-order valence-electron chi connectivity index (χ3n) is 0.934. The molecule has 0 rings (SSSR count). The number of rotatable bonds is 3. The van der Waals surface area contributed by atoms with Crippen molar-refractivity contribution in [1.29, 1.82) is 0 Å². The number of carbonyl (C=O) groups excluding carboxylic acids is 1. The Morgan fingerprint density at radius 2 is 1.82 bits per heavy atom. The maximum absolute atomic E-state index is 10.7. The maximum Gasteiger partial charge on any atom is 0.351 e. The Bertz CT molecular complexity index is 263. The second-order valence-corrected chi connectivity index (χ2v) is 3.27. The van der Waals surface area contributed by atoms with Crippen molar-refractivity contribution in [3.63, 3.8) is 0 Å². The second-order valence-electron chi connectivity index (χ2n) is 1.54. The molecule has 0 heterocycles. The number of methoxy groups -OCH3 is 1. The molecule has 0 saturated carbocycles. The van der Waals surface area contributed by atoms with Gasteiger partial charge in [-0.3, -0.25) is 4.18 Å². The molecule has 6 heteroatoms. The lowest BCUT2D eigenvalue weighted by Crippen LogP contribution is -2.14. The van der Waals surface area contributed by atoms with Crippen LogP contribution in [0.25, 0.3) is 0 Å². The van der Waals surface area contributed by atoms with E-state index in [2.05, 4.69) is 15.5 Å². The molecule has 0 aliphatic rings. The van der Waals surface area contributed by atoms with Gasteiger partial charge in [0.1, 0.15) is 0 Å². The van der Waals surface area contributed by atoms with E-state index in [0.717, 1.165) is 14.2 Å². The summed E-state index contributed by atoms with van der Waals surface area (Å²) in [5, 5.41) is 0. The highest BCUT2D eigenvalue weighted by atomic mass is 32.2. The maximum atomic E-state index is 10.7. The van der Waals surface area contributed by atoms with Crippen LogP contribution in [0.2, 0.25) is 0 Å². The molecule has 0 unspecified atom stereocenters. The minimum atomic E-state index is -3.98. The average molecular weight is 180 g/mol. The van der Waals surface area contributed by atoms with Crippen molar-refractivity contribution in [2.45, 2.75) is 0 Å². The first-order chi connectivity index (χ1) is 4.95. The highest BCUT2D eigenvalue weighted by Gasteiger charge is 2.22. The smallest absolute Gasteiger partial charge is 0.351 e. The summed E-state index contributed by atoms with van der Waals surface area (Å²) in [4.78, 5) is 9.83. The van der Waals surface area contributed by atoms with Crippen LogP contribution in [0.3, 0.4) is 0 Å². The van der Waals surface area contributed by atoms with E-state index in [1.807, 2.05) is 0 Å². The van der Waals surface area contributed by atoms with Gasteiger partial charge in [0.25, 0.3) is 0 Å². The Hall–Kier alpha value is -0.880. The Morgan fingerprint density at radius 3 is 2.09 bits per heavy atom. The van der Waals surface area contributed by atoms with E-state index in [0.29, 0.717) is 0 Å². The minimum Gasteiger partial charge on any atom is -0.465 e. The lowest BCUT2D eigenvalue weighted by Gasteiger charge is -2.01. The molecule has 0 bridgehead atoms. The molecule has 0 aromatic rings. The van der Waals surface area contributed by atoms with Crippen LogP contribution in [-0.4, -0.2) is 28.6 Å². The van der Waals surface area contributed by atoms with Gasteiger partial charge in [0.15, 0.2) is 4.91 Å². The fraction of sp³-hybridized carbons (Fsp3) is 0.400. The molecule has 11 heavy (non-hydrogen) atoms. The summed E-state index contributed by atoms with van der Waals surface area (Å²) in [5.41, 5.74) is 0. The van der Waals surface area contributed by atoms with Gasteiger partial charge < -0.3 is 4.74 Å². The predicted molar refractivity (Wildman–Crippen MR) is 37.1 cm³/mol. The van der Waals surface area contributed by atoms with Gasteiger partial charge in [0.05, 0.1) is 14.2 Å². The normalized spacial score (nSPS) is 10.7. The van der Waals surface area contributed by atoms with E-state index >= 15 is 0 Å². The van der Waals surface area contributed by atoms with Crippen molar-refractivity contribution in [3.8, 4) is 0 Å². The summed E-state index contributed by atoms with van der Waals surface area (Å²) in [5.74, 6) is -1.02. The van der Waals surface area contributed by atoms with Crippen LogP contribution < -0.4 is 0 Å². The van der Waals surface area contributed by atoms with Crippen LogP contribution in [0.5, 0.6) is 0 Å². The van der Waals surface area contributed by atoms with E-state index in [-0.39, 0.29) is 0 Å². The quantitative estimate of drug-likeness (QED) is 0.337. The van der Waals surface area contributed by atoms with Crippen LogP contribution in [0.1, 0.15) is 0 Å². The molecule has 0 aliphatic heterocycles. The van der Waals surface area contributed by atoms with E-state index in [1.54, 1.807) is 0 Å². The van der Waals surface area contributed by atoms with Gasteiger partial charge in [-0.15, -0.1) is 0 Å². The molecular formula is C5H8O5S. The first kappa shape index (κ1) is 10.1. The van der Waals surface area contributed by atoms with Crippen LogP contribution in [-0.2, 0) is 23.8 Å². The molecule has 0 aromatic heterocycles. The molecule has 0 aliphatic carbocycles. The number of hydrogen-bond acceptors (Lipinski definition) is 5. The minimum absolute atomic E-state index is 0.706. The zero-order chi connectivity index (χ0) is 9.07. The van der Waals surface area contributed by atoms with Crippen molar-refractivity contribution < 1.29 is 22.1 Å². The molecule has 64 valence electrons. The van der Waals surface area contributed by atoms with Crippen molar-refractivity contribution in [2.75, 3.05) is 14.2 Å². The fourth-order valence-corrected chi connectivity index (χ4v) is 0.805. The summed E-state index contributed by atoms with van der Waals surface area (Å²) in [7, 11) is -1.99. The highest BCUT2D eigenvalue weighted by Crippen LogP contribution is 2.05. The van der Waals surface area contributed by atoms with Crippen molar-refractivity contribution >= 4 is 16.1 Å². The van der Waals surface area contributed by atoms with Crippen LogP contribution in [0.4, 0.5) is 0 Å². The van der Waals surface area contributed by atoms with Crippen LogP contribution >= 0.6 is 0 Å². The van der Waals surface area contributed by atoms with Crippen molar-refractivity contribution in [2.24, 2.45) is 0 Å². The monoisotopic (exact) mass is 180 g/mol. The SMILES string of the molecule is C=C(C(=O)OC)S(=O)(=O)OC. The van der Waals surface area contributed by atoms with Crippen molar-refractivity contribution in [1.82, 2.24) is 0 Å². The highest BCUT2D eigenvalue weighted by molar-refractivity contribution is 7.91. The van der Waals surface area contributed by atoms with Gasteiger partial charge >= 0.3 is 16.1 Å². The molecule has 5 nitrogen and oxygen atoms in total. The van der Waals surface area contributed by atoms with Gasteiger partial charge in [-0.05, 0) is 0 Å². The average Bonchev–Trinajstić information content (AvgIpc) is 2.01. The number of esters is 1. The Balaban J connectivity index is 4.65. The van der Waals surface area contributed by atoms with E-state index < -0.39 is 21.0 Å². The molecule has 0 atom stereocenters. The third-order valence-corrected chi connectivity index (χ3v) is 2.14. The lowest BCUT2D eigenvalue weighted by atomic mass is 10.6. The second kappa shape index (κ2) is 3.49. The molecule has 0 fully saturated rings. The Kier molecular flexibility index (Phi) is 3.21. The molecule has 0 saturated heterocycles. The topological polar surface area (TPSA) is 69.7 Å². The molecule has 0 radical (unpaired) electrons. The zero-order valence-electron chi connectivity index (χ0n) is 6.16. The molecule has 0 spiro atoms. The molecule has 0 amide bonds. The van der Waals surface area contributed by atoms with E-state index in [1.165, 1.54) is 0 Å². The predicted octanol–water partition coefficient (Wildman–Crippen LogP) is -0.351. The van der Waals surface area contributed by atoms with Crippen LogP contribution in [0.15, 0.2) is 11.5 Å². The zero-order valence-corrected chi connectivity index (χ0v) is 6.97. The van der Waals surface area contributed by atoms with Crippen molar-refractivity contribution in [3.05, 3.63) is 11.5 Å². The first-order valence-electron chi connectivity index (χ1n) is 2.53. The number of hydrogen-bond donors (Lipinski definition) is 0. The Morgan fingerprint density at radius 1 is 1.36 bits per heavy atom. The summed E-state index contributed by atoms with van der Waals surface area (Å²) in [6, 6.07) is 0. The third kappa shape index (κ3) is 2.32. The lowest BCUT2D eigenvalue weighted by molar-refractivity contribution is -0.135. The van der Waals surface area contributed by atoms with Gasteiger partial charge in [-0.2, -0.15) is 8.42 Å². The first-order valence-corrected chi connectivity index (χ1v) is 3.94. The van der Waals surface area contributed by atoms with Gasteiger partial charge in [-0.25, -0.2) is 4.79 Å². The molecule has 0 aromatic carbocycles. The van der Waals surface area contributed by atoms with Gasteiger partial charge in [-0.1, -0.05) is 6.58 Å². The summed E-state index contributed by atoms with van der Waals surface area (Å²) in [6.45, 7) is 2.98. The van der Waals surface area contributed by atoms with Gasteiger partial charge in [0.2, 0.25) is 0 Å². The Labute approximate surface area is 64.7 Å². The number of ether oxygens (including phenoxy) is 1. The largest absolute Gasteiger partial charge is 0.465 e. The number of carbonyl (C=O) groups is 1. The fourth-order valence-electron chi connectivity index (χ4n) is 0.316. The summed E-state index contributed by atoms with van der Waals surface area (Å²) >= 11 is 0. The van der Waals surface area contributed by atoms with Crippen LogP contribution in [0, 0.1) is 0 Å². The molecular weight excluding hydrogens is 172 g/mol. The summed E-state index contributed by atoms with van der Waals surface area (Å²) < 4.78 is 29.5. The van der Waals surface area contributed by atoms with E-state index in [4.69, 9.17) is 0 Å². The summed E-state index contributed by atoms with van der Waals surface area (Å²) in [6.07, 6.45) is 0. The van der Waals surface area contributed by atoms with Gasteiger partial charge in [0, 0.05) is 0 Å². The molecule has 0 N–H and O–H groups in total.